The Morgan fingerprint density at radius 3 is 1.90 bits per heavy atom. The summed E-state index contributed by atoms with van der Waals surface area (Å²) in [5.41, 5.74) is 14.6. The highest BCUT2D eigenvalue weighted by atomic mass is 35.5. The SMILES string of the molecule is CN(C(=O)N(Cc1ccc(Cl)cc1)Cc1ccc(CN=C(N)N)cc1)c1ccccc1. The van der Waals surface area contributed by atoms with Gasteiger partial charge in [0.2, 0.25) is 0 Å². The molecule has 0 aliphatic heterocycles. The summed E-state index contributed by atoms with van der Waals surface area (Å²) in [5, 5.41) is 0.666. The molecule has 31 heavy (non-hydrogen) atoms. The Labute approximate surface area is 187 Å². The monoisotopic (exact) mass is 435 g/mol. The fourth-order valence-electron chi connectivity index (χ4n) is 3.13. The Morgan fingerprint density at radius 1 is 0.839 bits per heavy atom. The Morgan fingerprint density at radius 2 is 1.35 bits per heavy atom. The molecule has 0 atom stereocenters. The number of benzene rings is 3. The standard InChI is InChI=1S/C24H26ClN5O/c1-29(22-5-3-2-4-6-22)24(31)30(17-20-11-13-21(25)14-12-20)16-19-9-7-18(8-10-19)15-28-23(26)27/h2-14H,15-17H2,1H3,(H4,26,27,28). The van der Waals surface area contributed by atoms with Crippen molar-refractivity contribution in [2.75, 3.05) is 11.9 Å². The third kappa shape index (κ3) is 6.49. The van der Waals surface area contributed by atoms with Crippen molar-refractivity contribution in [3.05, 3.63) is 101 Å². The number of halogens is 1. The highest BCUT2D eigenvalue weighted by Crippen LogP contribution is 2.19. The average molecular weight is 436 g/mol. The number of rotatable bonds is 7. The smallest absolute Gasteiger partial charge is 0.324 e. The van der Waals surface area contributed by atoms with Gasteiger partial charge in [0.1, 0.15) is 0 Å². The number of guanidine groups is 1. The lowest BCUT2D eigenvalue weighted by atomic mass is 10.1. The van der Waals surface area contributed by atoms with Crippen LogP contribution < -0.4 is 16.4 Å². The number of amides is 2. The average Bonchev–Trinajstić information content (AvgIpc) is 2.79. The summed E-state index contributed by atoms with van der Waals surface area (Å²) in [5.74, 6) is 0.0627. The van der Waals surface area contributed by atoms with E-state index in [1.807, 2.05) is 78.9 Å². The number of nitrogens with two attached hydrogens (primary N) is 2. The summed E-state index contributed by atoms with van der Waals surface area (Å²) in [7, 11) is 1.78. The molecule has 0 aliphatic rings. The molecule has 0 saturated heterocycles. The molecular weight excluding hydrogens is 410 g/mol. The molecule has 2 amide bonds. The third-order valence-corrected chi connectivity index (χ3v) is 5.08. The summed E-state index contributed by atoms with van der Waals surface area (Å²) in [6, 6.07) is 24.9. The minimum Gasteiger partial charge on any atom is -0.370 e. The second kappa shape index (κ2) is 10.5. The first-order chi connectivity index (χ1) is 14.9. The van der Waals surface area contributed by atoms with Crippen LogP contribution in [0.1, 0.15) is 16.7 Å². The summed E-state index contributed by atoms with van der Waals surface area (Å²) in [6.45, 7) is 1.34. The second-order valence-corrected chi connectivity index (χ2v) is 7.65. The molecule has 0 spiro atoms. The normalized spacial score (nSPS) is 10.4. The van der Waals surface area contributed by atoms with E-state index in [9.17, 15) is 4.79 Å². The molecule has 6 nitrogen and oxygen atoms in total. The predicted octanol–water partition coefficient (Wildman–Crippen LogP) is 4.37. The number of para-hydroxylation sites is 1. The fourth-order valence-corrected chi connectivity index (χ4v) is 3.25. The molecular formula is C24H26ClN5O. The van der Waals surface area contributed by atoms with Crippen LogP contribution in [0.4, 0.5) is 10.5 Å². The lowest BCUT2D eigenvalue weighted by Gasteiger charge is -2.28. The predicted molar refractivity (Wildman–Crippen MR) is 127 cm³/mol. The number of carbonyl (C=O) groups excluding carboxylic acids is 1. The molecule has 4 N–H and O–H groups in total. The van der Waals surface area contributed by atoms with Crippen LogP contribution >= 0.6 is 11.6 Å². The highest BCUT2D eigenvalue weighted by molar-refractivity contribution is 6.30. The van der Waals surface area contributed by atoms with Gasteiger partial charge in [0.25, 0.3) is 0 Å². The Hall–Kier alpha value is -3.51. The van der Waals surface area contributed by atoms with Gasteiger partial charge >= 0.3 is 6.03 Å². The number of hydrogen-bond acceptors (Lipinski definition) is 2. The lowest BCUT2D eigenvalue weighted by molar-refractivity contribution is 0.200. The van der Waals surface area contributed by atoms with E-state index in [-0.39, 0.29) is 12.0 Å². The van der Waals surface area contributed by atoms with Crippen molar-refractivity contribution in [3.8, 4) is 0 Å². The first kappa shape index (κ1) is 22.2. The van der Waals surface area contributed by atoms with Crippen molar-refractivity contribution in [1.82, 2.24) is 4.90 Å². The van der Waals surface area contributed by atoms with Crippen molar-refractivity contribution in [2.45, 2.75) is 19.6 Å². The van der Waals surface area contributed by atoms with Gasteiger partial charge in [0.15, 0.2) is 5.96 Å². The van der Waals surface area contributed by atoms with Crippen molar-refractivity contribution in [2.24, 2.45) is 16.5 Å². The van der Waals surface area contributed by atoms with Crippen molar-refractivity contribution < 1.29 is 4.79 Å². The van der Waals surface area contributed by atoms with Crippen molar-refractivity contribution in [3.63, 3.8) is 0 Å². The highest BCUT2D eigenvalue weighted by Gasteiger charge is 2.20. The van der Waals surface area contributed by atoms with E-state index in [4.69, 9.17) is 23.1 Å². The molecule has 0 bridgehead atoms. The fraction of sp³-hybridized carbons (Fsp3) is 0.167. The molecule has 3 aromatic carbocycles. The number of urea groups is 1. The van der Waals surface area contributed by atoms with Gasteiger partial charge in [-0.15, -0.1) is 0 Å². The quantitative estimate of drug-likeness (QED) is 0.426. The molecule has 3 rings (SSSR count). The number of nitrogens with zero attached hydrogens (tertiary/aromatic N) is 3. The maximum Gasteiger partial charge on any atom is 0.324 e. The van der Waals surface area contributed by atoms with Crippen LogP contribution in [0.5, 0.6) is 0 Å². The van der Waals surface area contributed by atoms with Gasteiger partial charge in [-0.1, -0.05) is 66.2 Å². The third-order valence-electron chi connectivity index (χ3n) is 4.83. The molecule has 0 aliphatic carbocycles. The maximum absolute atomic E-state index is 13.3. The lowest BCUT2D eigenvalue weighted by Crippen LogP contribution is -2.40. The van der Waals surface area contributed by atoms with E-state index in [0.29, 0.717) is 24.7 Å². The van der Waals surface area contributed by atoms with Crippen molar-refractivity contribution >= 4 is 29.3 Å². The Balaban J connectivity index is 1.80. The Kier molecular flexibility index (Phi) is 7.51. The zero-order valence-electron chi connectivity index (χ0n) is 17.4. The van der Waals surface area contributed by atoms with Crippen LogP contribution in [-0.2, 0) is 19.6 Å². The molecule has 7 heteroatoms. The van der Waals surface area contributed by atoms with Gasteiger partial charge in [-0.3, -0.25) is 4.90 Å². The largest absolute Gasteiger partial charge is 0.370 e. The zero-order chi connectivity index (χ0) is 22.2. The van der Waals surface area contributed by atoms with E-state index in [2.05, 4.69) is 4.99 Å². The van der Waals surface area contributed by atoms with Gasteiger partial charge < -0.3 is 16.4 Å². The van der Waals surface area contributed by atoms with E-state index >= 15 is 0 Å². The van der Waals surface area contributed by atoms with E-state index in [0.717, 1.165) is 22.4 Å². The Bertz CT molecular complexity index is 1020. The van der Waals surface area contributed by atoms with Crippen LogP contribution in [0.2, 0.25) is 5.02 Å². The summed E-state index contributed by atoms with van der Waals surface area (Å²) in [4.78, 5) is 20.8. The number of anilines is 1. The van der Waals surface area contributed by atoms with Gasteiger partial charge in [-0.2, -0.15) is 0 Å². The van der Waals surface area contributed by atoms with Crippen LogP contribution in [0.15, 0.2) is 83.9 Å². The second-order valence-electron chi connectivity index (χ2n) is 7.22. The molecule has 0 aromatic heterocycles. The zero-order valence-corrected chi connectivity index (χ0v) is 18.2. The molecule has 0 saturated carbocycles. The summed E-state index contributed by atoms with van der Waals surface area (Å²) in [6.07, 6.45) is 0. The van der Waals surface area contributed by atoms with Gasteiger partial charge in [-0.25, -0.2) is 9.79 Å². The molecule has 160 valence electrons. The summed E-state index contributed by atoms with van der Waals surface area (Å²) < 4.78 is 0. The number of aliphatic imine (C=N–C) groups is 1. The van der Waals surface area contributed by atoms with Gasteiger partial charge in [0, 0.05) is 30.8 Å². The van der Waals surface area contributed by atoms with Crippen LogP contribution in [0.25, 0.3) is 0 Å². The molecule has 0 heterocycles. The van der Waals surface area contributed by atoms with Crippen molar-refractivity contribution in [1.29, 1.82) is 0 Å². The number of hydrogen-bond donors (Lipinski definition) is 2. The minimum atomic E-state index is -0.0919. The summed E-state index contributed by atoms with van der Waals surface area (Å²) >= 11 is 6.02. The van der Waals surface area contributed by atoms with E-state index < -0.39 is 0 Å². The molecule has 0 fully saturated rings. The molecule has 3 aromatic rings. The first-order valence-corrected chi connectivity index (χ1v) is 10.3. The van der Waals surface area contributed by atoms with Crippen LogP contribution in [-0.4, -0.2) is 23.9 Å². The topological polar surface area (TPSA) is 88.0 Å². The minimum absolute atomic E-state index is 0.0627. The number of carbonyl (C=O) groups is 1. The maximum atomic E-state index is 13.3. The first-order valence-electron chi connectivity index (χ1n) is 9.87. The van der Waals surface area contributed by atoms with Crippen LogP contribution in [0.3, 0.4) is 0 Å². The molecule has 0 unspecified atom stereocenters. The van der Waals surface area contributed by atoms with Gasteiger partial charge in [-0.05, 0) is 41.0 Å². The van der Waals surface area contributed by atoms with Crippen LogP contribution in [0, 0.1) is 0 Å². The molecule has 0 radical (unpaired) electrons. The van der Waals surface area contributed by atoms with E-state index in [1.54, 1.807) is 16.8 Å². The van der Waals surface area contributed by atoms with Gasteiger partial charge in [0.05, 0.1) is 6.54 Å². The van der Waals surface area contributed by atoms with E-state index in [1.165, 1.54) is 0 Å².